The van der Waals surface area contributed by atoms with Gasteiger partial charge in [-0.2, -0.15) is 0 Å². The molecule has 0 aromatic heterocycles. The molecule has 0 bridgehead atoms. The summed E-state index contributed by atoms with van der Waals surface area (Å²) in [5.41, 5.74) is -0.428. The molecule has 0 rings (SSSR count). The SMILES string of the molecule is CCC(O)[Si](C)(OC)OC.N=C=S. The minimum absolute atomic E-state index is 0.428. The third-order valence-electron chi connectivity index (χ3n) is 1.80. The van der Waals surface area contributed by atoms with Crippen LogP contribution in [0.1, 0.15) is 13.3 Å². The third-order valence-corrected chi connectivity index (χ3v) is 5.04. The average molecular weight is 223 g/mol. The standard InChI is InChI=1S/C6H16O3Si.CHNS/c1-5-6(7)10(4,8-2)9-3;2-1-3/h6-7H,5H2,1-4H3;2H. The second-order valence-corrected chi connectivity index (χ2v) is 6.17. The van der Waals surface area contributed by atoms with Crippen LogP contribution >= 0.6 is 12.2 Å². The van der Waals surface area contributed by atoms with Crippen molar-refractivity contribution in [2.45, 2.75) is 25.6 Å². The van der Waals surface area contributed by atoms with Crippen molar-refractivity contribution in [3.05, 3.63) is 0 Å². The van der Waals surface area contributed by atoms with E-state index in [2.05, 4.69) is 12.2 Å². The zero-order valence-electron chi connectivity index (χ0n) is 8.46. The maximum Gasteiger partial charge on any atom is 0.364 e. The minimum atomic E-state index is -2.25. The Kier molecular flexibility index (Phi) is 10.0. The van der Waals surface area contributed by atoms with Gasteiger partial charge in [0.05, 0.1) is 10.9 Å². The van der Waals surface area contributed by atoms with Crippen LogP contribution in [0.5, 0.6) is 0 Å². The van der Waals surface area contributed by atoms with Gasteiger partial charge in [-0.3, -0.25) is 0 Å². The molecular weight excluding hydrogens is 206 g/mol. The van der Waals surface area contributed by atoms with Crippen molar-refractivity contribution in [3.8, 4) is 0 Å². The number of hydrogen-bond donors (Lipinski definition) is 2. The first-order valence-electron chi connectivity index (χ1n) is 3.84. The highest BCUT2D eigenvalue weighted by molar-refractivity contribution is 7.78. The highest BCUT2D eigenvalue weighted by Crippen LogP contribution is 2.12. The Morgan fingerprint density at radius 1 is 1.54 bits per heavy atom. The average Bonchev–Trinajstić information content (AvgIpc) is 2.16. The van der Waals surface area contributed by atoms with Crippen molar-refractivity contribution in [2.24, 2.45) is 0 Å². The first kappa shape index (κ1) is 15.4. The molecule has 0 aliphatic carbocycles. The van der Waals surface area contributed by atoms with E-state index in [0.29, 0.717) is 6.42 Å². The largest absolute Gasteiger partial charge is 0.396 e. The lowest BCUT2D eigenvalue weighted by Gasteiger charge is -2.26. The number of isothiocyanates is 1. The van der Waals surface area contributed by atoms with Gasteiger partial charge < -0.3 is 14.0 Å². The lowest BCUT2D eigenvalue weighted by atomic mass is 10.5. The van der Waals surface area contributed by atoms with Crippen LogP contribution in [0.3, 0.4) is 0 Å². The van der Waals surface area contributed by atoms with Crippen LogP contribution in [0.15, 0.2) is 0 Å². The van der Waals surface area contributed by atoms with Gasteiger partial charge in [-0.05, 0) is 25.2 Å². The summed E-state index contributed by atoms with van der Waals surface area (Å²) in [5, 5.41) is 16.7. The number of nitrogens with one attached hydrogen (secondary N) is 1. The quantitative estimate of drug-likeness (QED) is 0.429. The number of thiocarbonyl (C=S) groups is 1. The van der Waals surface area contributed by atoms with Crippen molar-refractivity contribution >= 4 is 25.9 Å². The third kappa shape index (κ3) is 6.03. The fourth-order valence-electron chi connectivity index (χ4n) is 0.726. The zero-order valence-corrected chi connectivity index (χ0v) is 10.3. The van der Waals surface area contributed by atoms with Gasteiger partial charge in [-0.1, -0.05) is 6.92 Å². The van der Waals surface area contributed by atoms with Crippen molar-refractivity contribution in [3.63, 3.8) is 0 Å². The smallest absolute Gasteiger partial charge is 0.364 e. The molecule has 1 atom stereocenters. The summed E-state index contributed by atoms with van der Waals surface area (Å²) in [6.07, 6.45) is 0.685. The Labute approximate surface area is 85.6 Å². The monoisotopic (exact) mass is 223 g/mol. The fraction of sp³-hybridized carbons (Fsp3) is 0.857. The molecule has 6 heteroatoms. The van der Waals surface area contributed by atoms with E-state index in [-0.39, 0.29) is 0 Å². The lowest BCUT2D eigenvalue weighted by Crippen LogP contribution is -2.48. The van der Waals surface area contributed by atoms with Gasteiger partial charge >= 0.3 is 8.56 Å². The topological polar surface area (TPSA) is 62.5 Å². The van der Waals surface area contributed by atoms with Gasteiger partial charge in [0.15, 0.2) is 0 Å². The molecule has 1 unspecified atom stereocenters. The maximum absolute atomic E-state index is 9.39. The summed E-state index contributed by atoms with van der Waals surface area (Å²) in [5.74, 6) is 0. The molecule has 13 heavy (non-hydrogen) atoms. The van der Waals surface area contributed by atoms with Crippen LogP contribution in [0.2, 0.25) is 6.55 Å². The summed E-state index contributed by atoms with van der Waals surface area (Å²) in [6.45, 7) is 3.76. The molecule has 0 fully saturated rings. The fourth-order valence-corrected chi connectivity index (χ4v) is 2.18. The Morgan fingerprint density at radius 3 is 1.92 bits per heavy atom. The van der Waals surface area contributed by atoms with E-state index in [0.717, 1.165) is 0 Å². The second-order valence-electron chi connectivity index (χ2n) is 2.45. The van der Waals surface area contributed by atoms with Crippen molar-refractivity contribution < 1.29 is 14.0 Å². The molecule has 0 aromatic carbocycles. The first-order chi connectivity index (χ1) is 6.02. The predicted molar refractivity (Wildman–Crippen MR) is 57.3 cm³/mol. The molecular formula is C7H17NO3SSi. The van der Waals surface area contributed by atoms with Crippen LogP contribution in [0, 0.1) is 5.41 Å². The molecule has 0 aliphatic rings. The summed E-state index contributed by atoms with van der Waals surface area (Å²) in [4.78, 5) is 0. The molecule has 0 saturated carbocycles. The molecule has 78 valence electrons. The summed E-state index contributed by atoms with van der Waals surface area (Å²) < 4.78 is 10.2. The maximum atomic E-state index is 9.39. The van der Waals surface area contributed by atoms with Crippen molar-refractivity contribution in [1.82, 2.24) is 0 Å². The van der Waals surface area contributed by atoms with E-state index < -0.39 is 14.3 Å². The van der Waals surface area contributed by atoms with E-state index in [9.17, 15) is 5.11 Å². The van der Waals surface area contributed by atoms with Crippen LogP contribution in [0.25, 0.3) is 0 Å². The van der Waals surface area contributed by atoms with Gasteiger partial charge in [0, 0.05) is 14.2 Å². The minimum Gasteiger partial charge on any atom is -0.396 e. The lowest BCUT2D eigenvalue weighted by molar-refractivity contribution is 0.142. The zero-order chi connectivity index (χ0) is 10.9. The molecule has 4 nitrogen and oxygen atoms in total. The van der Waals surface area contributed by atoms with Gasteiger partial charge in [-0.15, -0.1) is 0 Å². The van der Waals surface area contributed by atoms with E-state index >= 15 is 0 Å². The predicted octanol–water partition coefficient (Wildman–Crippen LogP) is 1.33. The normalized spacial score (nSPS) is 12.4. The van der Waals surface area contributed by atoms with Crippen LogP contribution in [0.4, 0.5) is 0 Å². The molecule has 0 amide bonds. The molecule has 0 aromatic rings. The molecule has 0 heterocycles. The van der Waals surface area contributed by atoms with Crippen LogP contribution in [-0.2, 0) is 8.85 Å². The van der Waals surface area contributed by atoms with Gasteiger partial charge in [0.25, 0.3) is 0 Å². The first-order valence-corrected chi connectivity index (χ1v) is 6.64. The van der Waals surface area contributed by atoms with Gasteiger partial charge in [-0.25, -0.2) is 5.41 Å². The van der Waals surface area contributed by atoms with E-state index in [1.807, 2.05) is 13.5 Å². The van der Waals surface area contributed by atoms with Gasteiger partial charge in [0.2, 0.25) is 0 Å². The van der Waals surface area contributed by atoms with Crippen LogP contribution in [-0.4, -0.2) is 38.8 Å². The summed E-state index contributed by atoms with van der Waals surface area (Å²) >= 11 is 3.81. The van der Waals surface area contributed by atoms with Crippen molar-refractivity contribution in [1.29, 1.82) is 5.41 Å². The highest BCUT2D eigenvalue weighted by atomic mass is 32.1. The molecule has 0 spiro atoms. The molecule has 2 N–H and O–H groups in total. The number of rotatable bonds is 4. The van der Waals surface area contributed by atoms with Gasteiger partial charge in [0.1, 0.15) is 0 Å². The van der Waals surface area contributed by atoms with Crippen LogP contribution < -0.4 is 0 Å². The Balaban J connectivity index is 0. The number of aliphatic hydroxyl groups is 1. The Hall–Kier alpha value is -0.103. The highest BCUT2D eigenvalue weighted by Gasteiger charge is 2.36. The summed E-state index contributed by atoms with van der Waals surface area (Å²) in [6, 6.07) is 0. The molecule has 0 aliphatic heterocycles. The van der Waals surface area contributed by atoms with Crippen molar-refractivity contribution in [2.75, 3.05) is 14.2 Å². The van der Waals surface area contributed by atoms with E-state index in [1.165, 1.54) is 0 Å². The summed E-state index contributed by atoms with van der Waals surface area (Å²) in [7, 11) is 0.911. The van der Waals surface area contributed by atoms with E-state index in [1.54, 1.807) is 19.4 Å². The Morgan fingerprint density at radius 2 is 1.85 bits per heavy atom. The second kappa shape index (κ2) is 8.49. The molecule has 0 saturated heterocycles. The Bertz CT molecular complexity index is 158. The number of hydrogen-bond acceptors (Lipinski definition) is 5. The number of aliphatic hydroxyl groups excluding tert-OH is 1. The van der Waals surface area contributed by atoms with E-state index in [4.69, 9.17) is 14.3 Å². The molecule has 0 radical (unpaired) electrons.